The van der Waals surface area contributed by atoms with Gasteiger partial charge in [0.2, 0.25) is 0 Å². The smallest absolute Gasteiger partial charge is 0.252 e. The highest BCUT2D eigenvalue weighted by molar-refractivity contribution is 5.55. The molecule has 0 fully saturated rings. The van der Waals surface area contributed by atoms with Crippen LogP contribution < -0.4 is 0 Å². The van der Waals surface area contributed by atoms with Crippen molar-refractivity contribution >= 4 is 0 Å². The van der Waals surface area contributed by atoms with E-state index in [1.807, 2.05) is 0 Å². The van der Waals surface area contributed by atoms with Gasteiger partial charge in [0.1, 0.15) is 5.69 Å². The molecule has 0 aromatic carbocycles. The lowest BCUT2D eigenvalue weighted by Gasteiger charge is -2.07. The van der Waals surface area contributed by atoms with Gasteiger partial charge in [0.15, 0.2) is 5.82 Å². The van der Waals surface area contributed by atoms with E-state index in [0.717, 1.165) is 42.8 Å². The quantitative estimate of drug-likeness (QED) is 0.795. The first-order valence-corrected chi connectivity index (χ1v) is 5.92. The molecule has 1 aliphatic carbocycles. The Kier molecular flexibility index (Phi) is 2.73. The number of hydrogen-bond donors (Lipinski definition) is 0. The number of alkyl halides is 3. The van der Waals surface area contributed by atoms with Gasteiger partial charge in [0.25, 0.3) is 0 Å². The Balaban J connectivity index is 2.03. The van der Waals surface area contributed by atoms with Gasteiger partial charge in [-0.1, -0.05) is 0 Å². The molecule has 0 saturated heterocycles. The average Bonchev–Trinajstić information content (AvgIpc) is 2.85. The van der Waals surface area contributed by atoms with Crippen LogP contribution in [-0.2, 0) is 19.0 Å². The van der Waals surface area contributed by atoms with Crippen LogP contribution in [0.3, 0.4) is 0 Å². The molecule has 1 aliphatic rings. The molecule has 0 unspecified atom stereocenters. The summed E-state index contributed by atoms with van der Waals surface area (Å²) in [4.78, 5) is 11.8. The van der Waals surface area contributed by atoms with Crippen LogP contribution in [-0.4, -0.2) is 15.0 Å². The van der Waals surface area contributed by atoms with Gasteiger partial charge in [0, 0.05) is 23.7 Å². The Hall–Kier alpha value is -1.98. The Morgan fingerprint density at radius 1 is 1.11 bits per heavy atom. The predicted molar refractivity (Wildman–Crippen MR) is 62.3 cm³/mol. The third kappa shape index (κ3) is 2.30. The van der Waals surface area contributed by atoms with Crippen LogP contribution in [0.2, 0.25) is 0 Å². The molecular formula is C13H10F3N3. The fraction of sp³-hybridized carbons (Fsp3) is 0.308. The van der Waals surface area contributed by atoms with Crippen molar-refractivity contribution in [1.82, 2.24) is 15.0 Å². The van der Waals surface area contributed by atoms with E-state index in [4.69, 9.17) is 0 Å². The monoisotopic (exact) mass is 265 g/mol. The maximum absolute atomic E-state index is 12.6. The number of aromatic nitrogens is 3. The van der Waals surface area contributed by atoms with Crippen LogP contribution >= 0.6 is 0 Å². The lowest BCUT2D eigenvalue weighted by atomic mass is 10.2. The van der Waals surface area contributed by atoms with E-state index in [9.17, 15) is 13.2 Å². The third-order valence-corrected chi connectivity index (χ3v) is 3.12. The first-order valence-electron chi connectivity index (χ1n) is 5.92. The maximum atomic E-state index is 12.6. The highest BCUT2D eigenvalue weighted by atomic mass is 19.4. The Morgan fingerprint density at radius 3 is 2.74 bits per heavy atom. The van der Waals surface area contributed by atoms with Crippen LogP contribution in [0.4, 0.5) is 13.2 Å². The van der Waals surface area contributed by atoms with Crippen LogP contribution in [0.25, 0.3) is 11.4 Å². The first kappa shape index (κ1) is 12.1. The van der Waals surface area contributed by atoms with Crippen LogP contribution in [0, 0.1) is 0 Å². The minimum atomic E-state index is -4.45. The Labute approximate surface area is 107 Å². The second-order valence-electron chi connectivity index (χ2n) is 4.45. The SMILES string of the molecule is FC(F)(F)c1cc(-c2ncc3c(n2)CCC3)ccn1. The lowest BCUT2D eigenvalue weighted by molar-refractivity contribution is -0.141. The highest BCUT2D eigenvalue weighted by Gasteiger charge is 2.32. The number of fused-ring (bicyclic) bond motifs is 1. The minimum Gasteiger partial charge on any atom is -0.252 e. The summed E-state index contributed by atoms with van der Waals surface area (Å²) in [6.07, 6.45) is 1.22. The molecular weight excluding hydrogens is 255 g/mol. The zero-order chi connectivity index (χ0) is 13.5. The third-order valence-electron chi connectivity index (χ3n) is 3.12. The molecule has 3 nitrogen and oxygen atoms in total. The van der Waals surface area contributed by atoms with Crippen LogP contribution in [0.1, 0.15) is 23.4 Å². The highest BCUT2D eigenvalue weighted by Crippen LogP contribution is 2.30. The van der Waals surface area contributed by atoms with Gasteiger partial charge in [0.05, 0.1) is 0 Å². The molecule has 98 valence electrons. The van der Waals surface area contributed by atoms with Gasteiger partial charge >= 0.3 is 6.18 Å². The zero-order valence-electron chi connectivity index (χ0n) is 9.91. The topological polar surface area (TPSA) is 38.7 Å². The van der Waals surface area contributed by atoms with Crippen molar-refractivity contribution in [3.8, 4) is 11.4 Å². The van der Waals surface area contributed by atoms with Gasteiger partial charge in [-0.2, -0.15) is 13.2 Å². The number of pyridine rings is 1. The minimum absolute atomic E-state index is 0.327. The van der Waals surface area contributed by atoms with E-state index in [1.165, 1.54) is 6.07 Å². The van der Waals surface area contributed by atoms with E-state index < -0.39 is 11.9 Å². The number of nitrogens with zero attached hydrogens (tertiary/aromatic N) is 3. The summed E-state index contributed by atoms with van der Waals surface area (Å²) in [6, 6.07) is 2.47. The van der Waals surface area contributed by atoms with Gasteiger partial charge < -0.3 is 0 Å². The van der Waals surface area contributed by atoms with Crippen molar-refractivity contribution in [2.24, 2.45) is 0 Å². The maximum Gasteiger partial charge on any atom is 0.433 e. The second kappa shape index (κ2) is 4.29. The average molecular weight is 265 g/mol. The summed E-state index contributed by atoms with van der Waals surface area (Å²) in [6.45, 7) is 0. The fourth-order valence-corrected chi connectivity index (χ4v) is 2.18. The van der Waals surface area contributed by atoms with Crippen molar-refractivity contribution in [3.05, 3.63) is 41.5 Å². The van der Waals surface area contributed by atoms with E-state index in [-0.39, 0.29) is 0 Å². The standard InChI is InChI=1S/C13H10F3N3/c14-13(15,16)11-6-8(4-5-17-11)12-18-7-9-2-1-3-10(9)19-12/h4-7H,1-3H2. The molecule has 2 aromatic rings. The molecule has 0 saturated carbocycles. The van der Waals surface area contributed by atoms with Crippen molar-refractivity contribution in [2.45, 2.75) is 25.4 Å². The number of hydrogen-bond acceptors (Lipinski definition) is 3. The summed E-state index contributed by atoms with van der Waals surface area (Å²) >= 11 is 0. The van der Waals surface area contributed by atoms with E-state index in [0.29, 0.717) is 11.4 Å². The van der Waals surface area contributed by atoms with Gasteiger partial charge in [-0.05, 0) is 37.0 Å². The molecule has 0 N–H and O–H groups in total. The molecule has 2 aromatic heterocycles. The first-order chi connectivity index (χ1) is 9.04. The van der Waals surface area contributed by atoms with E-state index >= 15 is 0 Å². The molecule has 19 heavy (non-hydrogen) atoms. The summed E-state index contributed by atoms with van der Waals surface area (Å²) < 4.78 is 37.8. The van der Waals surface area contributed by atoms with Gasteiger partial charge in [-0.15, -0.1) is 0 Å². The Morgan fingerprint density at radius 2 is 1.95 bits per heavy atom. The largest absolute Gasteiger partial charge is 0.433 e. The molecule has 3 rings (SSSR count). The molecule has 0 bridgehead atoms. The van der Waals surface area contributed by atoms with Gasteiger partial charge in [-0.25, -0.2) is 9.97 Å². The lowest BCUT2D eigenvalue weighted by Crippen LogP contribution is -2.08. The molecule has 0 spiro atoms. The van der Waals surface area contributed by atoms with Crippen LogP contribution in [0.15, 0.2) is 24.5 Å². The normalized spacial score (nSPS) is 14.5. The van der Waals surface area contributed by atoms with Crippen molar-refractivity contribution in [1.29, 1.82) is 0 Å². The van der Waals surface area contributed by atoms with Crippen molar-refractivity contribution in [2.75, 3.05) is 0 Å². The summed E-state index contributed by atoms with van der Waals surface area (Å²) in [7, 11) is 0. The predicted octanol–water partition coefficient (Wildman–Crippen LogP) is 3.05. The fourth-order valence-electron chi connectivity index (χ4n) is 2.18. The zero-order valence-corrected chi connectivity index (χ0v) is 9.91. The Bertz CT molecular complexity index is 623. The van der Waals surface area contributed by atoms with Crippen molar-refractivity contribution in [3.63, 3.8) is 0 Å². The molecule has 0 aliphatic heterocycles. The molecule has 2 heterocycles. The van der Waals surface area contributed by atoms with Gasteiger partial charge in [-0.3, -0.25) is 4.98 Å². The summed E-state index contributed by atoms with van der Waals surface area (Å²) in [5.74, 6) is 0.327. The number of rotatable bonds is 1. The molecule has 6 heteroatoms. The molecule has 0 radical (unpaired) electrons. The van der Waals surface area contributed by atoms with E-state index in [1.54, 1.807) is 6.20 Å². The molecule has 0 atom stereocenters. The number of halogens is 3. The van der Waals surface area contributed by atoms with Crippen LogP contribution in [0.5, 0.6) is 0 Å². The number of aryl methyl sites for hydroxylation is 2. The van der Waals surface area contributed by atoms with Crippen molar-refractivity contribution < 1.29 is 13.2 Å². The second-order valence-corrected chi connectivity index (χ2v) is 4.45. The van der Waals surface area contributed by atoms with E-state index in [2.05, 4.69) is 15.0 Å². The molecule has 0 amide bonds. The summed E-state index contributed by atoms with van der Waals surface area (Å²) in [5.41, 5.74) is 1.45. The summed E-state index contributed by atoms with van der Waals surface area (Å²) in [5, 5.41) is 0.